The Balaban J connectivity index is 3.03. The van der Waals surface area contributed by atoms with E-state index in [-0.39, 0.29) is 17.7 Å². The summed E-state index contributed by atoms with van der Waals surface area (Å²) in [4.78, 5) is 14.5. The lowest BCUT2D eigenvalue weighted by molar-refractivity contribution is -0.133. The van der Waals surface area contributed by atoms with E-state index in [2.05, 4.69) is 0 Å². The van der Waals surface area contributed by atoms with Gasteiger partial charge in [-0.2, -0.15) is 0 Å². The van der Waals surface area contributed by atoms with Crippen molar-refractivity contribution in [3.8, 4) is 0 Å². The van der Waals surface area contributed by atoms with Crippen molar-refractivity contribution in [2.45, 2.75) is 26.7 Å². The molecule has 0 fully saturated rings. The highest BCUT2D eigenvalue weighted by Gasteiger charge is 2.28. The summed E-state index contributed by atoms with van der Waals surface area (Å²) in [5.74, 6) is 0.209. The molecule has 1 rings (SSSR count). The van der Waals surface area contributed by atoms with Crippen LogP contribution in [0.25, 0.3) is 0 Å². The van der Waals surface area contributed by atoms with E-state index in [1.54, 1.807) is 0 Å². The van der Waals surface area contributed by atoms with Crippen LogP contribution in [0.2, 0.25) is 0 Å². The highest BCUT2D eigenvalue weighted by Crippen LogP contribution is 2.26. The molecule has 2 unspecified atom stereocenters. The molecule has 1 amide bonds. The van der Waals surface area contributed by atoms with Crippen LogP contribution in [0.1, 0.15) is 32.3 Å². The molecule has 0 saturated carbocycles. The van der Waals surface area contributed by atoms with Gasteiger partial charge in [0.25, 0.3) is 0 Å². The van der Waals surface area contributed by atoms with E-state index in [1.807, 2.05) is 56.0 Å². The van der Waals surface area contributed by atoms with Crippen molar-refractivity contribution in [1.82, 2.24) is 4.90 Å². The Bertz CT molecular complexity index is 360. The SMILES string of the molecule is CCN(CC)C(=O)C(c1ccccc1)C(C)CN. The minimum absolute atomic E-state index is 0.129. The molecular weight excluding hydrogens is 224 g/mol. The molecule has 1 aromatic rings. The van der Waals surface area contributed by atoms with Gasteiger partial charge in [0, 0.05) is 13.1 Å². The maximum atomic E-state index is 12.6. The summed E-state index contributed by atoms with van der Waals surface area (Å²) in [5.41, 5.74) is 6.82. The number of benzene rings is 1. The maximum absolute atomic E-state index is 12.6. The van der Waals surface area contributed by atoms with Gasteiger partial charge in [-0.3, -0.25) is 4.79 Å². The van der Waals surface area contributed by atoms with Crippen LogP contribution < -0.4 is 5.73 Å². The second kappa shape index (κ2) is 7.17. The van der Waals surface area contributed by atoms with Crippen LogP contribution in [-0.4, -0.2) is 30.4 Å². The molecule has 0 bridgehead atoms. The van der Waals surface area contributed by atoms with Crippen LogP contribution >= 0.6 is 0 Å². The van der Waals surface area contributed by atoms with E-state index in [9.17, 15) is 4.79 Å². The number of amides is 1. The van der Waals surface area contributed by atoms with Gasteiger partial charge in [0.2, 0.25) is 5.91 Å². The minimum Gasteiger partial charge on any atom is -0.343 e. The molecule has 18 heavy (non-hydrogen) atoms. The molecule has 0 radical (unpaired) electrons. The monoisotopic (exact) mass is 248 g/mol. The number of likely N-dealkylation sites (N-methyl/N-ethyl adjacent to an activating group) is 1. The molecule has 0 aliphatic heterocycles. The predicted octanol–water partition coefficient (Wildman–Crippen LogP) is 2.23. The molecule has 0 heterocycles. The minimum atomic E-state index is -0.129. The van der Waals surface area contributed by atoms with Crippen LogP contribution in [0.3, 0.4) is 0 Å². The predicted molar refractivity (Wildman–Crippen MR) is 75.3 cm³/mol. The number of carbonyl (C=O) groups excluding carboxylic acids is 1. The van der Waals surface area contributed by atoms with Gasteiger partial charge in [-0.25, -0.2) is 0 Å². The zero-order valence-corrected chi connectivity index (χ0v) is 11.6. The van der Waals surface area contributed by atoms with Crippen molar-refractivity contribution < 1.29 is 4.79 Å². The summed E-state index contributed by atoms with van der Waals surface area (Å²) < 4.78 is 0. The van der Waals surface area contributed by atoms with Crippen molar-refractivity contribution in [3.05, 3.63) is 35.9 Å². The van der Waals surface area contributed by atoms with E-state index in [4.69, 9.17) is 5.73 Å². The standard InChI is InChI=1S/C15H24N2O/c1-4-17(5-2)15(18)14(12(3)11-16)13-9-7-6-8-10-13/h6-10,12,14H,4-5,11,16H2,1-3H3. The van der Waals surface area contributed by atoms with Gasteiger partial charge in [0.15, 0.2) is 0 Å². The number of nitrogens with zero attached hydrogens (tertiary/aromatic N) is 1. The number of carbonyl (C=O) groups is 1. The van der Waals surface area contributed by atoms with Gasteiger partial charge < -0.3 is 10.6 Å². The molecule has 0 aliphatic carbocycles. The Morgan fingerprint density at radius 2 is 1.78 bits per heavy atom. The second-order valence-corrected chi connectivity index (χ2v) is 4.61. The number of nitrogens with two attached hydrogens (primary N) is 1. The first-order valence-electron chi connectivity index (χ1n) is 6.69. The van der Waals surface area contributed by atoms with E-state index in [0.717, 1.165) is 18.7 Å². The summed E-state index contributed by atoms with van der Waals surface area (Å²) in [6, 6.07) is 9.94. The van der Waals surface area contributed by atoms with Crippen LogP contribution in [0, 0.1) is 5.92 Å². The van der Waals surface area contributed by atoms with Gasteiger partial charge in [-0.15, -0.1) is 0 Å². The first kappa shape index (κ1) is 14.7. The lowest BCUT2D eigenvalue weighted by atomic mass is 9.86. The average molecular weight is 248 g/mol. The van der Waals surface area contributed by atoms with Gasteiger partial charge in [0.1, 0.15) is 0 Å². The summed E-state index contributed by atoms with van der Waals surface area (Å²) in [7, 11) is 0. The Morgan fingerprint density at radius 1 is 1.22 bits per heavy atom. The first-order chi connectivity index (χ1) is 8.65. The van der Waals surface area contributed by atoms with E-state index in [0.29, 0.717) is 6.54 Å². The van der Waals surface area contributed by atoms with Crippen LogP contribution in [0.15, 0.2) is 30.3 Å². The molecule has 2 N–H and O–H groups in total. The van der Waals surface area contributed by atoms with Gasteiger partial charge in [0.05, 0.1) is 5.92 Å². The Kier molecular flexibility index (Phi) is 5.86. The summed E-state index contributed by atoms with van der Waals surface area (Å²) in [5, 5.41) is 0. The molecule has 0 saturated heterocycles. The molecule has 2 atom stereocenters. The van der Waals surface area contributed by atoms with E-state index >= 15 is 0 Å². The molecule has 1 aromatic carbocycles. The van der Waals surface area contributed by atoms with Crippen molar-refractivity contribution in [1.29, 1.82) is 0 Å². The van der Waals surface area contributed by atoms with Crippen LogP contribution in [-0.2, 0) is 4.79 Å². The zero-order chi connectivity index (χ0) is 13.5. The number of rotatable bonds is 6. The van der Waals surface area contributed by atoms with Crippen molar-refractivity contribution >= 4 is 5.91 Å². The zero-order valence-electron chi connectivity index (χ0n) is 11.6. The smallest absolute Gasteiger partial charge is 0.230 e. The van der Waals surface area contributed by atoms with Crippen LogP contribution in [0.4, 0.5) is 0 Å². The first-order valence-corrected chi connectivity index (χ1v) is 6.69. The third-order valence-electron chi connectivity index (χ3n) is 3.44. The van der Waals surface area contributed by atoms with Crippen LogP contribution in [0.5, 0.6) is 0 Å². The lowest BCUT2D eigenvalue weighted by Gasteiger charge is -2.28. The van der Waals surface area contributed by atoms with Gasteiger partial charge in [-0.1, -0.05) is 37.3 Å². The molecule has 3 heteroatoms. The third-order valence-corrected chi connectivity index (χ3v) is 3.44. The summed E-state index contributed by atoms with van der Waals surface area (Å²) >= 11 is 0. The topological polar surface area (TPSA) is 46.3 Å². The summed E-state index contributed by atoms with van der Waals surface area (Å²) in [6.45, 7) is 8.07. The van der Waals surface area contributed by atoms with Crippen molar-refractivity contribution in [3.63, 3.8) is 0 Å². The normalized spacial score (nSPS) is 14.0. The molecule has 3 nitrogen and oxygen atoms in total. The van der Waals surface area contributed by atoms with Gasteiger partial charge in [-0.05, 0) is 31.9 Å². The van der Waals surface area contributed by atoms with Crippen molar-refractivity contribution in [2.75, 3.05) is 19.6 Å². The third kappa shape index (κ3) is 3.33. The average Bonchev–Trinajstić information content (AvgIpc) is 2.41. The second-order valence-electron chi connectivity index (χ2n) is 4.61. The quantitative estimate of drug-likeness (QED) is 0.839. The lowest BCUT2D eigenvalue weighted by Crippen LogP contribution is -2.38. The maximum Gasteiger partial charge on any atom is 0.230 e. The molecular formula is C15H24N2O. The Labute approximate surface area is 110 Å². The highest BCUT2D eigenvalue weighted by molar-refractivity contribution is 5.84. The number of hydrogen-bond donors (Lipinski definition) is 1. The van der Waals surface area contributed by atoms with Crippen molar-refractivity contribution in [2.24, 2.45) is 11.7 Å². The number of hydrogen-bond acceptors (Lipinski definition) is 2. The fourth-order valence-corrected chi connectivity index (χ4v) is 2.24. The molecule has 0 aromatic heterocycles. The fourth-order valence-electron chi connectivity index (χ4n) is 2.24. The Hall–Kier alpha value is -1.35. The highest BCUT2D eigenvalue weighted by atomic mass is 16.2. The fraction of sp³-hybridized carbons (Fsp3) is 0.533. The van der Waals surface area contributed by atoms with E-state index < -0.39 is 0 Å². The largest absolute Gasteiger partial charge is 0.343 e. The van der Waals surface area contributed by atoms with E-state index in [1.165, 1.54) is 0 Å². The molecule has 0 spiro atoms. The summed E-state index contributed by atoms with van der Waals surface area (Å²) in [6.07, 6.45) is 0. The Morgan fingerprint density at radius 3 is 2.22 bits per heavy atom. The molecule has 100 valence electrons. The molecule has 0 aliphatic rings. The van der Waals surface area contributed by atoms with Gasteiger partial charge >= 0.3 is 0 Å².